The van der Waals surface area contributed by atoms with Gasteiger partial charge in [0, 0.05) is 6.61 Å². The zero-order valence-corrected chi connectivity index (χ0v) is 13.2. The summed E-state index contributed by atoms with van der Waals surface area (Å²) in [5.74, 6) is -1.23. The van der Waals surface area contributed by atoms with E-state index in [-0.39, 0.29) is 23.0 Å². The third kappa shape index (κ3) is 2.34. The van der Waals surface area contributed by atoms with E-state index in [9.17, 15) is 19.8 Å². The number of aliphatic hydroxyl groups excluding tert-OH is 1. The molecule has 0 radical (unpaired) electrons. The van der Waals surface area contributed by atoms with Crippen molar-refractivity contribution in [3.8, 4) is 0 Å². The van der Waals surface area contributed by atoms with Crippen LogP contribution >= 0.6 is 11.3 Å². The minimum Gasteiger partial charge on any atom is -0.478 e. The second-order valence-electron chi connectivity index (χ2n) is 5.71. The Balaban J connectivity index is 2.15. The number of carbonyl (C=O) groups excluding carboxylic acids is 1. The van der Waals surface area contributed by atoms with E-state index in [1.54, 1.807) is 0 Å². The minimum atomic E-state index is -1.10. The number of carboxylic acids is 1. The van der Waals surface area contributed by atoms with E-state index in [2.05, 4.69) is 0 Å². The van der Waals surface area contributed by atoms with Crippen LogP contribution in [0.3, 0.4) is 0 Å². The monoisotopic (exact) mass is 331 g/mol. The van der Waals surface area contributed by atoms with Crippen LogP contribution < -0.4 is 5.73 Å². The standard InChI is InChI=1S/C17H17NO4S/c18-15-12(16(21)22)11-6-7-17(8-9-19,14(20)13(11)23-15)10-4-2-1-3-5-10/h1-5,19H,6-9,18H2,(H,21,22). The van der Waals surface area contributed by atoms with E-state index >= 15 is 0 Å². The zero-order chi connectivity index (χ0) is 16.6. The summed E-state index contributed by atoms with van der Waals surface area (Å²) in [5, 5.41) is 19.0. The smallest absolute Gasteiger partial charge is 0.338 e. The number of aromatic carboxylic acids is 1. The molecule has 1 aromatic heterocycles. The first-order valence-electron chi connectivity index (χ1n) is 7.37. The van der Waals surface area contributed by atoms with Gasteiger partial charge in [0.1, 0.15) is 5.00 Å². The number of fused-ring (bicyclic) bond motifs is 1. The fourth-order valence-corrected chi connectivity index (χ4v) is 4.56. The Hall–Kier alpha value is -2.18. The second-order valence-corrected chi connectivity index (χ2v) is 6.76. The maximum atomic E-state index is 13.2. The Kier molecular flexibility index (Phi) is 3.95. The average Bonchev–Trinajstić information content (AvgIpc) is 2.88. The predicted molar refractivity (Wildman–Crippen MR) is 88.2 cm³/mol. The molecule has 2 aromatic rings. The van der Waals surface area contributed by atoms with Crippen LogP contribution in [0.4, 0.5) is 5.00 Å². The molecule has 3 rings (SSSR count). The van der Waals surface area contributed by atoms with Crippen molar-refractivity contribution >= 4 is 28.1 Å². The summed E-state index contributed by atoms with van der Waals surface area (Å²) in [6.07, 6.45) is 1.25. The van der Waals surface area contributed by atoms with Gasteiger partial charge in [0.15, 0.2) is 5.78 Å². The van der Waals surface area contributed by atoms with Crippen LogP contribution in [-0.4, -0.2) is 28.6 Å². The summed E-state index contributed by atoms with van der Waals surface area (Å²) in [7, 11) is 0. The van der Waals surface area contributed by atoms with Crippen LogP contribution in [0.2, 0.25) is 0 Å². The minimum absolute atomic E-state index is 0.0593. The van der Waals surface area contributed by atoms with Crippen molar-refractivity contribution in [2.45, 2.75) is 24.7 Å². The Labute approximate surface area is 137 Å². The first-order chi connectivity index (χ1) is 11.0. The Morgan fingerprint density at radius 2 is 2.00 bits per heavy atom. The molecular formula is C17H17NO4S. The molecule has 1 aliphatic rings. The highest BCUT2D eigenvalue weighted by Gasteiger charge is 2.46. The van der Waals surface area contributed by atoms with Crippen LogP contribution in [0, 0.1) is 0 Å². The Bertz CT molecular complexity index is 768. The van der Waals surface area contributed by atoms with E-state index in [0.717, 1.165) is 16.9 Å². The average molecular weight is 331 g/mol. The number of hydrogen-bond donors (Lipinski definition) is 3. The van der Waals surface area contributed by atoms with Gasteiger partial charge in [0.2, 0.25) is 0 Å². The number of nitrogen functional groups attached to an aromatic ring is 1. The van der Waals surface area contributed by atoms with Crippen molar-refractivity contribution in [2.24, 2.45) is 0 Å². The molecule has 1 atom stereocenters. The lowest BCUT2D eigenvalue weighted by molar-refractivity contribution is 0.0696. The van der Waals surface area contributed by atoms with Crippen LogP contribution in [0.25, 0.3) is 0 Å². The third-order valence-electron chi connectivity index (χ3n) is 4.56. The largest absolute Gasteiger partial charge is 0.478 e. The van der Waals surface area contributed by atoms with Crippen LogP contribution in [-0.2, 0) is 11.8 Å². The van der Waals surface area contributed by atoms with Gasteiger partial charge in [-0.25, -0.2) is 4.79 Å². The number of hydrogen-bond acceptors (Lipinski definition) is 5. The molecule has 0 bridgehead atoms. The number of ketones is 1. The van der Waals surface area contributed by atoms with Gasteiger partial charge in [-0.05, 0) is 30.4 Å². The SMILES string of the molecule is Nc1sc2c(c1C(=O)O)CCC(CCO)(c1ccccc1)C2=O. The molecule has 0 aliphatic heterocycles. The first kappa shape index (κ1) is 15.7. The molecule has 0 saturated carbocycles. The predicted octanol–water partition coefficient (Wildman–Crippen LogP) is 2.48. The summed E-state index contributed by atoms with van der Waals surface area (Å²) in [6.45, 7) is -0.109. The molecule has 0 fully saturated rings. The maximum absolute atomic E-state index is 13.2. The van der Waals surface area contributed by atoms with Gasteiger partial charge in [-0.3, -0.25) is 4.79 Å². The fraction of sp³-hybridized carbons (Fsp3) is 0.294. The molecule has 1 aromatic carbocycles. The number of anilines is 1. The number of benzene rings is 1. The molecule has 6 heteroatoms. The Morgan fingerprint density at radius 3 is 2.61 bits per heavy atom. The molecule has 1 aliphatic carbocycles. The summed E-state index contributed by atoms with van der Waals surface area (Å²) in [6, 6.07) is 9.37. The number of thiophene rings is 1. The molecule has 4 N–H and O–H groups in total. The van der Waals surface area contributed by atoms with E-state index in [4.69, 9.17) is 5.73 Å². The molecule has 0 amide bonds. The molecule has 0 spiro atoms. The van der Waals surface area contributed by atoms with Gasteiger partial charge in [-0.1, -0.05) is 30.3 Å². The van der Waals surface area contributed by atoms with Crippen LogP contribution in [0.1, 0.15) is 44.0 Å². The summed E-state index contributed by atoms with van der Waals surface area (Å²) in [5.41, 5.74) is 6.46. The fourth-order valence-electron chi connectivity index (χ4n) is 3.42. The van der Waals surface area contributed by atoms with E-state index in [1.165, 1.54) is 0 Å². The topological polar surface area (TPSA) is 101 Å². The number of aliphatic hydroxyl groups is 1. The quantitative estimate of drug-likeness (QED) is 0.799. The van der Waals surface area contributed by atoms with Gasteiger partial charge in [0.05, 0.1) is 15.9 Å². The molecule has 23 heavy (non-hydrogen) atoms. The lowest BCUT2D eigenvalue weighted by Crippen LogP contribution is -2.40. The van der Waals surface area contributed by atoms with Crippen molar-refractivity contribution < 1.29 is 19.8 Å². The number of Topliss-reactive ketones (excluding diaryl/α,β-unsaturated/α-hetero) is 1. The summed E-state index contributed by atoms with van der Waals surface area (Å²) < 4.78 is 0. The van der Waals surface area contributed by atoms with E-state index < -0.39 is 11.4 Å². The number of nitrogens with two attached hydrogens (primary N) is 1. The molecule has 120 valence electrons. The van der Waals surface area contributed by atoms with Gasteiger partial charge >= 0.3 is 5.97 Å². The van der Waals surface area contributed by atoms with Crippen LogP contribution in [0.15, 0.2) is 30.3 Å². The van der Waals surface area contributed by atoms with Crippen molar-refractivity contribution in [2.75, 3.05) is 12.3 Å². The number of carbonyl (C=O) groups is 2. The lowest BCUT2D eigenvalue weighted by atomic mass is 9.66. The van der Waals surface area contributed by atoms with Gasteiger partial charge in [-0.2, -0.15) is 0 Å². The zero-order valence-electron chi connectivity index (χ0n) is 12.4. The molecular weight excluding hydrogens is 314 g/mol. The molecule has 1 heterocycles. The van der Waals surface area contributed by atoms with Gasteiger partial charge in [-0.15, -0.1) is 11.3 Å². The number of carboxylic acid groups (broad SMARTS) is 1. The van der Waals surface area contributed by atoms with Gasteiger partial charge < -0.3 is 15.9 Å². The number of rotatable bonds is 4. The van der Waals surface area contributed by atoms with Crippen molar-refractivity contribution in [1.29, 1.82) is 0 Å². The molecule has 1 unspecified atom stereocenters. The lowest BCUT2D eigenvalue weighted by Gasteiger charge is -2.35. The van der Waals surface area contributed by atoms with Crippen molar-refractivity contribution in [3.63, 3.8) is 0 Å². The summed E-state index contributed by atoms with van der Waals surface area (Å²) >= 11 is 1.04. The molecule has 5 nitrogen and oxygen atoms in total. The van der Waals surface area contributed by atoms with E-state index in [1.807, 2.05) is 30.3 Å². The second kappa shape index (κ2) is 5.79. The maximum Gasteiger partial charge on any atom is 0.338 e. The van der Waals surface area contributed by atoms with E-state index in [0.29, 0.717) is 29.7 Å². The third-order valence-corrected chi connectivity index (χ3v) is 5.62. The van der Waals surface area contributed by atoms with Gasteiger partial charge in [0.25, 0.3) is 0 Å². The van der Waals surface area contributed by atoms with Crippen molar-refractivity contribution in [1.82, 2.24) is 0 Å². The van der Waals surface area contributed by atoms with Crippen molar-refractivity contribution in [3.05, 3.63) is 51.9 Å². The first-order valence-corrected chi connectivity index (χ1v) is 8.18. The van der Waals surface area contributed by atoms with Crippen LogP contribution in [0.5, 0.6) is 0 Å². The Morgan fingerprint density at radius 1 is 1.30 bits per heavy atom. The summed E-state index contributed by atoms with van der Waals surface area (Å²) in [4.78, 5) is 25.0. The highest BCUT2D eigenvalue weighted by atomic mass is 32.1. The normalized spacial score (nSPS) is 20.3. The highest BCUT2D eigenvalue weighted by molar-refractivity contribution is 7.18. The highest BCUT2D eigenvalue weighted by Crippen LogP contribution is 2.46. The molecule has 0 saturated heterocycles.